The van der Waals surface area contributed by atoms with Gasteiger partial charge in [0.15, 0.2) is 0 Å². The molecule has 0 radical (unpaired) electrons. The molecule has 7 heteroatoms. The van der Waals surface area contributed by atoms with Gasteiger partial charge in [-0.25, -0.2) is 14.4 Å². The van der Waals surface area contributed by atoms with Crippen LogP contribution in [0.4, 0.5) is 21.7 Å². The zero-order chi connectivity index (χ0) is 18.7. The Morgan fingerprint density at radius 3 is 2.27 bits per heavy atom. The van der Waals surface area contributed by atoms with Gasteiger partial charge in [-0.05, 0) is 55.3 Å². The van der Waals surface area contributed by atoms with Crippen LogP contribution < -0.4 is 10.6 Å². The molecule has 0 saturated carbocycles. The molecule has 2 aromatic carbocycles. The minimum absolute atomic E-state index is 0.0629. The summed E-state index contributed by atoms with van der Waals surface area (Å²) in [5.74, 6) is -0.572. The Labute approximate surface area is 155 Å². The van der Waals surface area contributed by atoms with Crippen molar-refractivity contribution in [2.75, 3.05) is 10.6 Å². The fourth-order valence-corrected chi connectivity index (χ4v) is 2.64. The van der Waals surface area contributed by atoms with Gasteiger partial charge in [-0.15, -0.1) is 0 Å². The Morgan fingerprint density at radius 1 is 1.00 bits per heavy atom. The van der Waals surface area contributed by atoms with Crippen molar-refractivity contribution in [1.29, 1.82) is 0 Å². The number of carbonyl (C=O) groups excluding carboxylic acids is 1. The lowest BCUT2D eigenvalue weighted by atomic mass is 10.1. The Morgan fingerprint density at radius 2 is 1.65 bits per heavy atom. The SMILES string of the molecule is Cc1cc(C)cc(Nc2ncc(C(=O)Nc3ccc(F)c(Cl)c3)cn2)c1. The van der Waals surface area contributed by atoms with E-state index in [1.165, 1.54) is 30.6 Å². The van der Waals surface area contributed by atoms with Gasteiger partial charge in [0.1, 0.15) is 5.82 Å². The van der Waals surface area contributed by atoms with E-state index in [4.69, 9.17) is 11.6 Å². The van der Waals surface area contributed by atoms with Crippen LogP contribution in [0.15, 0.2) is 48.8 Å². The quantitative estimate of drug-likeness (QED) is 0.686. The first-order valence-electron chi connectivity index (χ1n) is 7.84. The van der Waals surface area contributed by atoms with Gasteiger partial charge in [-0.2, -0.15) is 0 Å². The first-order valence-corrected chi connectivity index (χ1v) is 8.22. The molecule has 0 aliphatic rings. The van der Waals surface area contributed by atoms with Crippen LogP contribution in [0.3, 0.4) is 0 Å². The highest BCUT2D eigenvalue weighted by atomic mass is 35.5. The van der Waals surface area contributed by atoms with Crippen LogP contribution in [0.25, 0.3) is 0 Å². The van der Waals surface area contributed by atoms with Crippen molar-refractivity contribution in [3.63, 3.8) is 0 Å². The highest BCUT2D eigenvalue weighted by molar-refractivity contribution is 6.31. The van der Waals surface area contributed by atoms with Crippen molar-refractivity contribution >= 4 is 34.8 Å². The van der Waals surface area contributed by atoms with Crippen LogP contribution >= 0.6 is 11.6 Å². The third-order valence-electron chi connectivity index (χ3n) is 3.57. The van der Waals surface area contributed by atoms with Gasteiger partial charge >= 0.3 is 0 Å². The molecule has 0 aliphatic heterocycles. The highest BCUT2D eigenvalue weighted by Gasteiger charge is 2.09. The van der Waals surface area contributed by atoms with E-state index < -0.39 is 11.7 Å². The lowest BCUT2D eigenvalue weighted by Gasteiger charge is -2.08. The van der Waals surface area contributed by atoms with Crippen molar-refractivity contribution in [3.8, 4) is 0 Å². The lowest BCUT2D eigenvalue weighted by molar-refractivity contribution is 0.102. The Hall–Kier alpha value is -2.99. The molecule has 1 heterocycles. The number of nitrogens with one attached hydrogen (secondary N) is 2. The Bertz CT molecular complexity index is 940. The molecule has 0 unspecified atom stereocenters. The molecule has 3 rings (SSSR count). The van der Waals surface area contributed by atoms with Gasteiger partial charge in [0.25, 0.3) is 5.91 Å². The van der Waals surface area contributed by atoms with E-state index in [0.29, 0.717) is 11.6 Å². The summed E-state index contributed by atoms with van der Waals surface area (Å²) in [5, 5.41) is 5.66. The first kappa shape index (κ1) is 17.8. The first-order chi connectivity index (χ1) is 12.4. The Balaban J connectivity index is 1.70. The molecule has 1 amide bonds. The molecular formula is C19H16ClFN4O. The van der Waals surface area contributed by atoms with Gasteiger partial charge in [0.2, 0.25) is 5.95 Å². The number of amides is 1. The van der Waals surface area contributed by atoms with Gasteiger partial charge in [0.05, 0.1) is 10.6 Å². The number of benzene rings is 2. The summed E-state index contributed by atoms with van der Waals surface area (Å²) in [5.41, 5.74) is 3.79. The van der Waals surface area contributed by atoms with Crippen molar-refractivity contribution in [1.82, 2.24) is 9.97 Å². The molecule has 0 fully saturated rings. The Kier molecular flexibility index (Phi) is 5.14. The second kappa shape index (κ2) is 7.49. The largest absolute Gasteiger partial charge is 0.324 e. The molecule has 0 bridgehead atoms. The van der Waals surface area contributed by atoms with Gasteiger partial charge < -0.3 is 10.6 Å². The molecule has 3 aromatic rings. The van der Waals surface area contributed by atoms with Crippen LogP contribution in [0.1, 0.15) is 21.5 Å². The predicted molar refractivity (Wildman–Crippen MR) is 101 cm³/mol. The van der Waals surface area contributed by atoms with Crippen molar-refractivity contribution in [2.24, 2.45) is 0 Å². The topological polar surface area (TPSA) is 66.9 Å². The maximum absolute atomic E-state index is 13.2. The second-order valence-electron chi connectivity index (χ2n) is 5.88. The number of hydrogen-bond donors (Lipinski definition) is 2. The molecule has 0 spiro atoms. The minimum atomic E-state index is -0.546. The molecule has 0 saturated heterocycles. The smallest absolute Gasteiger partial charge is 0.258 e. The number of aromatic nitrogens is 2. The van der Waals surface area contributed by atoms with Crippen molar-refractivity contribution in [3.05, 3.63) is 76.3 Å². The van der Waals surface area contributed by atoms with Gasteiger partial charge in [-0.1, -0.05) is 17.7 Å². The lowest BCUT2D eigenvalue weighted by Crippen LogP contribution is -2.13. The van der Waals surface area contributed by atoms with Gasteiger partial charge in [-0.3, -0.25) is 4.79 Å². The fourth-order valence-electron chi connectivity index (χ4n) is 2.46. The number of aryl methyl sites for hydroxylation is 2. The molecule has 2 N–H and O–H groups in total. The summed E-state index contributed by atoms with van der Waals surface area (Å²) in [7, 11) is 0. The van der Waals surface area contributed by atoms with Crippen LogP contribution in [-0.4, -0.2) is 15.9 Å². The zero-order valence-corrected chi connectivity index (χ0v) is 14.9. The predicted octanol–water partition coefficient (Wildman–Crippen LogP) is 4.88. The maximum Gasteiger partial charge on any atom is 0.258 e. The molecule has 132 valence electrons. The zero-order valence-electron chi connectivity index (χ0n) is 14.2. The number of carbonyl (C=O) groups is 1. The van der Waals surface area contributed by atoms with Crippen LogP contribution in [0.5, 0.6) is 0 Å². The summed E-state index contributed by atoms with van der Waals surface area (Å²) >= 11 is 5.70. The molecule has 5 nitrogen and oxygen atoms in total. The van der Waals surface area contributed by atoms with Crippen molar-refractivity contribution < 1.29 is 9.18 Å². The summed E-state index contributed by atoms with van der Waals surface area (Å²) in [6.07, 6.45) is 2.83. The van der Waals surface area contributed by atoms with Crippen LogP contribution in [0, 0.1) is 19.7 Å². The summed E-state index contributed by atoms with van der Waals surface area (Å²) in [6.45, 7) is 4.02. The van der Waals surface area contributed by atoms with Crippen LogP contribution in [-0.2, 0) is 0 Å². The average Bonchev–Trinajstić information content (AvgIpc) is 2.58. The van der Waals surface area contributed by atoms with Crippen LogP contribution in [0.2, 0.25) is 5.02 Å². The number of nitrogens with zero attached hydrogens (tertiary/aromatic N) is 2. The highest BCUT2D eigenvalue weighted by Crippen LogP contribution is 2.20. The molecule has 0 aliphatic carbocycles. The normalized spacial score (nSPS) is 10.5. The number of hydrogen-bond acceptors (Lipinski definition) is 4. The van der Waals surface area contributed by atoms with E-state index in [2.05, 4.69) is 26.7 Å². The number of halogens is 2. The van der Waals surface area contributed by atoms with E-state index in [9.17, 15) is 9.18 Å². The average molecular weight is 371 g/mol. The summed E-state index contributed by atoms with van der Waals surface area (Å²) in [6, 6.07) is 9.98. The molecule has 26 heavy (non-hydrogen) atoms. The van der Waals surface area contributed by atoms with Gasteiger partial charge in [0, 0.05) is 23.8 Å². The number of anilines is 3. The monoisotopic (exact) mass is 370 g/mol. The molecular weight excluding hydrogens is 355 g/mol. The minimum Gasteiger partial charge on any atom is -0.324 e. The van der Waals surface area contributed by atoms with E-state index >= 15 is 0 Å². The molecule has 1 aromatic heterocycles. The summed E-state index contributed by atoms with van der Waals surface area (Å²) < 4.78 is 13.2. The van der Waals surface area contributed by atoms with E-state index in [1.807, 2.05) is 26.0 Å². The van der Waals surface area contributed by atoms with E-state index in [0.717, 1.165) is 16.8 Å². The second-order valence-corrected chi connectivity index (χ2v) is 6.29. The fraction of sp³-hybridized carbons (Fsp3) is 0.105. The third-order valence-corrected chi connectivity index (χ3v) is 3.86. The number of rotatable bonds is 4. The third kappa shape index (κ3) is 4.34. The summed E-state index contributed by atoms with van der Waals surface area (Å²) in [4.78, 5) is 20.5. The standard InChI is InChI=1S/C19H16ClFN4O/c1-11-5-12(2)7-15(6-11)25-19-22-9-13(10-23-19)18(26)24-14-3-4-17(21)16(20)8-14/h3-10H,1-2H3,(H,24,26)(H,22,23,25). The van der Waals surface area contributed by atoms with E-state index in [1.54, 1.807) is 0 Å². The maximum atomic E-state index is 13.2. The van der Waals surface area contributed by atoms with E-state index in [-0.39, 0.29) is 10.6 Å². The molecule has 0 atom stereocenters. The van der Waals surface area contributed by atoms with Crippen molar-refractivity contribution in [2.45, 2.75) is 13.8 Å².